The molecule has 0 aliphatic rings. The van der Waals surface area contributed by atoms with Crippen LogP contribution >= 0.6 is 15.9 Å². The van der Waals surface area contributed by atoms with E-state index in [0.29, 0.717) is 22.8 Å². The first-order valence-corrected chi connectivity index (χ1v) is 6.42. The van der Waals surface area contributed by atoms with E-state index in [4.69, 9.17) is 5.73 Å². The van der Waals surface area contributed by atoms with Gasteiger partial charge in [-0.1, -0.05) is 0 Å². The number of nitrogen functional groups attached to an aromatic ring is 1. The molecular weight excluding hydrogens is 308 g/mol. The van der Waals surface area contributed by atoms with E-state index in [-0.39, 0.29) is 5.91 Å². The molecule has 0 fully saturated rings. The maximum Gasteiger partial charge on any atom is 0.258 e. The monoisotopic (exact) mass is 320 g/mol. The molecule has 0 saturated heterocycles. The minimum Gasteiger partial charge on any atom is -0.397 e. The highest BCUT2D eigenvalue weighted by atomic mass is 79.9. The van der Waals surface area contributed by atoms with Gasteiger partial charge >= 0.3 is 0 Å². The molecule has 0 aliphatic heterocycles. The zero-order valence-electron chi connectivity index (χ0n) is 10.6. The molecule has 2 aromatic rings. The summed E-state index contributed by atoms with van der Waals surface area (Å²) >= 11 is 3.36. The Morgan fingerprint density at radius 3 is 2.68 bits per heavy atom. The van der Waals surface area contributed by atoms with Crippen LogP contribution in [0.15, 0.2) is 29.0 Å². The van der Waals surface area contributed by atoms with Crippen molar-refractivity contribution in [3.63, 3.8) is 0 Å². The average Bonchev–Trinajstić information content (AvgIpc) is 2.36. The second-order valence-electron chi connectivity index (χ2n) is 4.17. The van der Waals surface area contributed by atoms with E-state index in [1.165, 1.54) is 6.20 Å². The molecular formula is C13H13BrN4O. The number of anilines is 2. The summed E-state index contributed by atoms with van der Waals surface area (Å²) in [5.41, 5.74) is 8.16. The van der Waals surface area contributed by atoms with Crippen LogP contribution in [0.1, 0.15) is 21.6 Å². The highest BCUT2D eigenvalue weighted by Gasteiger charge is 2.11. The Hall–Kier alpha value is -1.95. The summed E-state index contributed by atoms with van der Waals surface area (Å²) in [6.45, 7) is 3.68. The van der Waals surface area contributed by atoms with Crippen LogP contribution in [-0.2, 0) is 0 Å². The van der Waals surface area contributed by atoms with Crippen LogP contribution in [0.2, 0.25) is 0 Å². The smallest absolute Gasteiger partial charge is 0.258 e. The molecule has 0 spiro atoms. The Kier molecular flexibility index (Phi) is 3.80. The zero-order valence-corrected chi connectivity index (χ0v) is 12.2. The average molecular weight is 321 g/mol. The SMILES string of the molecule is Cc1cc(NC(=O)c2cc(N)cnc2C)ncc1Br. The normalized spacial score (nSPS) is 10.3. The molecule has 5 nitrogen and oxygen atoms in total. The molecule has 6 heteroatoms. The number of halogens is 1. The van der Waals surface area contributed by atoms with Gasteiger partial charge in [0.2, 0.25) is 0 Å². The summed E-state index contributed by atoms with van der Waals surface area (Å²) in [7, 11) is 0. The van der Waals surface area contributed by atoms with Crippen molar-refractivity contribution >= 4 is 33.3 Å². The van der Waals surface area contributed by atoms with Crippen molar-refractivity contribution in [3.8, 4) is 0 Å². The van der Waals surface area contributed by atoms with Crippen LogP contribution in [0, 0.1) is 13.8 Å². The number of nitrogens with one attached hydrogen (secondary N) is 1. The number of amides is 1. The number of carbonyl (C=O) groups is 1. The number of aryl methyl sites for hydroxylation is 2. The molecule has 1 amide bonds. The standard InChI is InChI=1S/C13H13BrN4O/c1-7-3-12(17-6-11(7)14)18-13(19)10-4-9(15)5-16-8(10)2/h3-6H,15H2,1-2H3,(H,17,18,19). The Bertz CT molecular complexity index is 643. The largest absolute Gasteiger partial charge is 0.397 e. The fourth-order valence-electron chi connectivity index (χ4n) is 1.57. The van der Waals surface area contributed by atoms with Crippen LogP contribution in [0.5, 0.6) is 0 Å². The van der Waals surface area contributed by atoms with Gasteiger partial charge in [0.1, 0.15) is 5.82 Å². The van der Waals surface area contributed by atoms with Gasteiger partial charge in [0.15, 0.2) is 0 Å². The predicted molar refractivity (Wildman–Crippen MR) is 78.0 cm³/mol. The summed E-state index contributed by atoms with van der Waals surface area (Å²) in [4.78, 5) is 20.3. The molecule has 2 heterocycles. The molecule has 2 aromatic heterocycles. The molecule has 0 aromatic carbocycles. The Morgan fingerprint density at radius 1 is 1.26 bits per heavy atom. The maximum atomic E-state index is 12.1. The number of hydrogen-bond donors (Lipinski definition) is 2. The van der Waals surface area contributed by atoms with Crippen molar-refractivity contribution in [3.05, 3.63) is 45.8 Å². The number of hydrogen-bond acceptors (Lipinski definition) is 4. The van der Waals surface area contributed by atoms with Gasteiger partial charge in [0, 0.05) is 10.7 Å². The summed E-state index contributed by atoms with van der Waals surface area (Å²) in [5, 5.41) is 2.73. The van der Waals surface area contributed by atoms with Gasteiger partial charge in [0.25, 0.3) is 5.91 Å². The summed E-state index contributed by atoms with van der Waals surface area (Å²) < 4.78 is 0.896. The van der Waals surface area contributed by atoms with E-state index in [9.17, 15) is 4.79 Å². The lowest BCUT2D eigenvalue weighted by molar-refractivity contribution is 0.102. The third kappa shape index (κ3) is 3.08. The fourth-order valence-corrected chi connectivity index (χ4v) is 1.79. The van der Waals surface area contributed by atoms with Crippen LogP contribution in [-0.4, -0.2) is 15.9 Å². The first kappa shape index (κ1) is 13.5. The van der Waals surface area contributed by atoms with E-state index in [1.54, 1.807) is 25.3 Å². The van der Waals surface area contributed by atoms with Crippen molar-refractivity contribution < 1.29 is 4.79 Å². The lowest BCUT2D eigenvalue weighted by Crippen LogP contribution is -2.15. The van der Waals surface area contributed by atoms with E-state index < -0.39 is 0 Å². The number of nitrogens with zero attached hydrogens (tertiary/aromatic N) is 2. The third-order valence-electron chi connectivity index (χ3n) is 2.64. The van der Waals surface area contributed by atoms with Crippen LogP contribution in [0.4, 0.5) is 11.5 Å². The molecule has 0 unspecified atom stereocenters. The van der Waals surface area contributed by atoms with Gasteiger partial charge in [-0.05, 0) is 47.5 Å². The van der Waals surface area contributed by atoms with Crippen LogP contribution in [0.3, 0.4) is 0 Å². The molecule has 98 valence electrons. The number of pyridine rings is 2. The Morgan fingerprint density at radius 2 is 2.00 bits per heavy atom. The van der Waals surface area contributed by atoms with Gasteiger partial charge in [-0.2, -0.15) is 0 Å². The van der Waals surface area contributed by atoms with Crippen molar-refractivity contribution in [2.24, 2.45) is 0 Å². The fraction of sp³-hybridized carbons (Fsp3) is 0.154. The lowest BCUT2D eigenvalue weighted by atomic mass is 10.2. The molecule has 0 atom stereocenters. The topological polar surface area (TPSA) is 80.9 Å². The van der Waals surface area contributed by atoms with Gasteiger partial charge < -0.3 is 11.1 Å². The van der Waals surface area contributed by atoms with Gasteiger partial charge in [-0.15, -0.1) is 0 Å². The molecule has 0 aliphatic carbocycles. The zero-order chi connectivity index (χ0) is 14.0. The number of nitrogens with two attached hydrogens (primary N) is 1. The first-order valence-electron chi connectivity index (χ1n) is 5.63. The highest BCUT2D eigenvalue weighted by molar-refractivity contribution is 9.10. The van der Waals surface area contributed by atoms with Gasteiger partial charge in [0.05, 0.1) is 23.1 Å². The van der Waals surface area contributed by atoms with E-state index in [2.05, 4.69) is 31.2 Å². The van der Waals surface area contributed by atoms with E-state index in [1.807, 2.05) is 6.92 Å². The van der Waals surface area contributed by atoms with Crippen LogP contribution in [0.25, 0.3) is 0 Å². The second-order valence-corrected chi connectivity index (χ2v) is 5.03. The van der Waals surface area contributed by atoms with Crippen molar-refractivity contribution in [1.29, 1.82) is 0 Å². The summed E-state index contributed by atoms with van der Waals surface area (Å²) in [6.07, 6.45) is 3.17. The highest BCUT2D eigenvalue weighted by Crippen LogP contribution is 2.18. The second kappa shape index (κ2) is 5.36. The first-order chi connectivity index (χ1) is 8.97. The number of aromatic nitrogens is 2. The van der Waals surface area contributed by atoms with Gasteiger partial charge in [-0.25, -0.2) is 4.98 Å². The molecule has 3 N–H and O–H groups in total. The maximum absolute atomic E-state index is 12.1. The number of rotatable bonds is 2. The molecule has 2 rings (SSSR count). The van der Waals surface area contributed by atoms with Gasteiger partial charge in [-0.3, -0.25) is 9.78 Å². The van der Waals surface area contributed by atoms with Crippen LogP contribution < -0.4 is 11.1 Å². The summed E-state index contributed by atoms with van der Waals surface area (Å²) in [5.74, 6) is 0.221. The van der Waals surface area contributed by atoms with Crippen molar-refractivity contribution in [2.45, 2.75) is 13.8 Å². The third-order valence-corrected chi connectivity index (χ3v) is 3.47. The molecule has 0 bridgehead atoms. The molecule has 19 heavy (non-hydrogen) atoms. The molecule has 0 radical (unpaired) electrons. The Labute approximate surface area is 119 Å². The van der Waals surface area contributed by atoms with E-state index >= 15 is 0 Å². The van der Waals surface area contributed by atoms with E-state index in [0.717, 1.165) is 10.0 Å². The minimum atomic E-state index is -0.272. The van der Waals surface area contributed by atoms with Crippen molar-refractivity contribution in [1.82, 2.24) is 9.97 Å². The molecule has 0 saturated carbocycles. The predicted octanol–water partition coefficient (Wildman–Crippen LogP) is 2.69. The number of carbonyl (C=O) groups excluding carboxylic acids is 1. The Balaban J connectivity index is 2.25. The minimum absolute atomic E-state index is 0.272. The van der Waals surface area contributed by atoms with Crippen molar-refractivity contribution in [2.75, 3.05) is 11.1 Å². The quantitative estimate of drug-likeness (QED) is 0.891. The lowest BCUT2D eigenvalue weighted by Gasteiger charge is -2.08. The summed E-state index contributed by atoms with van der Waals surface area (Å²) in [6, 6.07) is 3.39.